The van der Waals surface area contributed by atoms with Crippen molar-refractivity contribution in [3.8, 4) is 5.75 Å². The number of benzene rings is 1. The minimum Gasteiger partial charge on any atom is -0.410 e. The Bertz CT molecular complexity index is 342. The highest BCUT2D eigenvalue weighted by atomic mass is 16.6. The Morgan fingerprint density at radius 1 is 1.24 bits per heavy atom. The number of nitrogens with zero attached hydrogens (tertiary/aromatic N) is 1. The average Bonchev–Trinajstić information content (AvgIpc) is 2.31. The van der Waals surface area contributed by atoms with Crippen LogP contribution >= 0.6 is 0 Å². The molecule has 1 fully saturated rings. The largest absolute Gasteiger partial charge is 0.415 e. The van der Waals surface area contributed by atoms with Gasteiger partial charge in [0.15, 0.2) is 0 Å². The van der Waals surface area contributed by atoms with Crippen LogP contribution in [0.2, 0.25) is 0 Å². The topological polar surface area (TPSA) is 29.5 Å². The smallest absolute Gasteiger partial charge is 0.410 e. The second-order valence-electron chi connectivity index (χ2n) is 4.35. The molecule has 1 amide bonds. The SMILES string of the molecule is C.CC1CCN(C(=O)Oc2ccccc2)CC1. The third-order valence-corrected chi connectivity index (χ3v) is 2.99. The highest BCUT2D eigenvalue weighted by Crippen LogP contribution is 2.17. The summed E-state index contributed by atoms with van der Waals surface area (Å²) in [6.07, 6.45) is 1.92. The number of hydrogen-bond acceptors (Lipinski definition) is 2. The van der Waals surface area contributed by atoms with Gasteiger partial charge in [0.1, 0.15) is 5.75 Å². The van der Waals surface area contributed by atoms with Gasteiger partial charge in [0, 0.05) is 13.1 Å². The number of amides is 1. The standard InChI is InChI=1S/C13H17NO2.CH4/c1-11-7-9-14(10-8-11)13(15)16-12-5-3-2-4-6-12;/h2-6,11H,7-10H2,1H3;1H4. The monoisotopic (exact) mass is 235 g/mol. The summed E-state index contributed by atoms with van der Waals surface area (Å²) in [5, 5.41) is 0. The van der Waals surface area contributed by atoms with Crippen molar-refractivity contribution in [2.24, 2.45) is 5.92 Å². The van der Waals surface area contributed by atoms with Crippen molar-refractivity contribution < 1.29 is 9.53 Å². The predicted molar refractivity (Wildman–Crippen MR) is 69.2 cm³/mol. The lowest BCUT2D eigenvalue weighted by molar-refractivity contribution is 0.133. The molecule has 0 atom stereocenters. The summed E-state index contributed by atoms with van der Waals surface area (Å²) in [5.41, 5.74) is 0. The molecule has 0 aromatic heterocycles. The van der Waals surface area contributed by atoms with Crippen LogP contribution in [-0.2, 0) is 0 Å². The van der Waals surface area contributed by atoms with Gasteiger partial charge in [-0.25, -0.2) is 4.79 Å². The van der Waals surface area contributed by atoms with Crippen molar-refractivity contribution in [1.82, 2.24) is 4.90 Å². The van der Waals surface area contributed by atoms with E-state index in [2.05, 4.69) is 6.92 Å². The molecule has 1 saturated heterocycles. The summed E-state index contributed by atoms with van der Waals surface area (Å²) in [6.45, 7) is 3.85. The first kappa shape index (κ1) is 13.6. The van der Waals surface area contributed by atoms with Crippen LogP contribution in [0.25, 0.3) is 0 Å². The second-order valence-corrected chi connectivity index (χ2v) is 4.35. The van der Waals surface area contributed by atoms with Crippen LogP contribution in [0.1, 0.15) is 27.2 Å². The van der Waals surface area contributed by atoms with E-state index in [1.54, 1.807) is 17.0 Å². The van der Waals surface area contributed by atoms with Crippen molar-refractivity contribution >= 4 is 6.09 Å². The third kappa shape index (κ3) is 3.77. The number of hydrogen-bond donors (Lipinski definition) is 0. The quantitative estimate of drug-likeness (QED) is 0.745. The summed E-state index contributed by atoms with van der Waals surface area (Å²) in [4.78, 5) is 13.6. The van der Waals surface area contributed by atoms with Gasteiger partial charge in [-0.05, 0) is 30.9 Å². The van der Waals surface area contributed by atoms with Gasteiger partial charge < -0.3 is 9.64 Å². The maximum atomic E-state index is 11.8. The number of carbonyl (C=O) groups is 1. The Balaban J connectivity index is 0.00000144. The first-order valence-corrected chi connectivity index (χ1v) is 5.77. The molecule has 0 unspecified atom stereocenters. The van der Waals surface area contributed by atoms with E-state index < -0.39 is 0 Å². The van der Waals surface area contributed by atoms with Crippen molar-refractivity contribution in [2.75, 3.05) is 13.1 Å². The average molecular weight is 235 g/mol. The molecular formula is C14H21NO2. The molecule has 0 radical (unpaired) electrons. The summed E-state index contributed by atoms with van der Waals surface area (Å²) in [5.74, 6) is 1.34. The molecule has 1 heterocycles. The zero-order chi connectivity index (χ0) is 11.4. The number of para-hydroxylation sites is 1. The van der Waals surface area contributed by atoms with Gasteiger partial charge in [-0.1, -0.05) is 32.5 Å². The normalized spacial score (nSPS) is 16.2. The van der Waals surface area contributed by atoms with Gasteiger partial charge in [0.25, 0.3) is 0 Å². The molecule has 0 spiro atoms. The van der Waals surface area contributed by atoms with E-state index in [9.17, 15) is 4.79 Å². The molecule has 94 valence electrons. The molecule has 0 bridgehead atoms. The summed E-state index contributed by atoms with van der Waals surface area (Å²) >= 11 is 0. The Morgan fingerprint density at radius 2 is 1.82 bits per heavy atom. The number of piperidine rings is 1. The zero-order valence-corrected chi connectivity index (χ0v) is 9.56. The minimum atomic E-state index is -0.224. The number of ether oxygens (including phenoxy) is 1. The fraction of sp³-hybridized carbons (Fsp3) is 0.500. The summed E-state index contributed by atoms with van der Waals surface area (Å²) < 4.78 is 5.28. The molecule has 1 aromatic carbocycles. The third-order valence-electron chi connectivity index (χ3n) is 2.99. The molecule has 0 aliphatic carbocycles. The van der Waals surface area contributed by atoms with E-state index >= 15 is 0 Å². The second kappa shape index (κ2) is 6.28. The van der Waals surface area contributed by atoms with Crippen molar-refractivity contribution in [3.63, 3.8) is 0 Å². The molecular weight excluding hydrogens is 214 g/mol. The van der Waals surface area contributed by atoms with Crippen LogP contribution in [-0.4, -0.2) is 24.1 Å². The lowest BCUT2D eigenvalue weighted by atomic mass is 10.00. The molecule has 0 N–H and O–H groups in total. The van der Waals surface area contributed by atoms with Gasteiger partial charge in [-0.15, -0.1) is 0 Å². The minimum absolute atomic E-state index is 0. The number of rotatable bonds is 1. The Hall–Kier alpha value is -1.51. The van der Waals surface area contributed by atoms with Crippen molar-refractivity contribution in [2.45, 2.75) is 27.2 Å². The predicted octanol–water partition coefficient (Wildman–Crippen LogP) is 3.55. The van der Waals surface area contributed by atoms with Crippen LogP contribution in [0.4, 0.5) is 4.79 Å². The molecule has 3 heteroatoms. The lowest BCUT2D eigenvalue weighted by Gasteiger charge is -2.29. The fourth-order valence-electron chi connectivity index (χ4n) is 1.85. The first-order chi connectivity index (χ1) is 7.75. The van der Waals surface area contributed by atoms with E-state index in [4.69, 9.17) is 4.74 Å². The molecule has 3 nitrogen and oxygen atoms in total. The van der Waals surface area contributed by atoms with Gasteiger partial charge >= 0.3 is 6.09 Å². The van der Waals surface area contributed by atoms with Crippen LogP contribution in [0.5, 0.6) is 5.75 Å². The lowest BCUT2D eigenvalue weighted by Crippen LogP contribution is -2.39. The summed E-state index contributed by atoms with van der Waals surface area (Å²) in [7, 11) is 0. The highest BCUT2D eigenvalue weighted by Gasteiger charge is 2.21. The Labute approximate surface area is 103 Å². The van der Waals surface area contributed by atoms with Gasteiger partial charge in [0.2, 0.25) is 0 Å². The van der Waals surface area contributed by atoms with E-state index in [1.165, 1.54) is 0 Å². The van der Waals surface area contributed by atoms with Crippen molar-refractivity contribution in [3.05, 3.63) is 30.3 Å². The van der Waals surface area contributed by atoms with E-state index in [-0.39, 0.29) is 13.5 Å². The Kier molecular flexibility index (Phi) is 5.01. The van der Waals surface area contributed by atoms with Crippen LogP contribution < -0.4 is 4.74 Å². The zero-order valence-electron chi connectivity index (χ0n) is 9.56. The van der Waals surface area contributed by atoms with Crippen molar-refractivity contribution in [1.29, 1.82) is 0 Å². The maximum absolute atomic E-state index is 11.8. The van der Waals surface area contributed by atoms with Gasteiger partial charge in [-0.2, -0.15) is 0 Å². The van der Waals surface area contributed by atoms with Gasteiger partial charge in [-0.3, -0.25) is 0 Å². The highest BCUT2D eigenvalue weighted by molar-refractivity contribution is 5.70. The number of carbonyl (C=O) groups excluding carboxylic acids is 1. The Morgan fingerprint density at radius 3 is 2.41 bits per heavy atom. The molecule has 1 aromatic rings. The molecule has 2 rings (SSSR count). The summed E-state index contributed by atoms with van der Waals surface area (Å²) in [6, 6.07) is 9.22. The molecule has 1 aliphatic rings. The first-order valence-electron chi connectivity index (χ1n) is 5.77. The van der Waals surface area contributed by atoms with Gasteiger partial charge in [0.05, 0.1) is 0 Å². The van der Waals surface area contributed by atoms with Crippen LogP contribution in [0.15, 0.2) is 30.3 Å². The fourth-order valence-corrected chi connectivity index (χ4v) is 1.85. The van der Waals surface area contributed by atoms with Crippen LogP contribution in [0.3, 0.4) is 0 Å². The van der Waals surface area contributed by atoms with E-state index in [0.29, 0.717) is 5.75 Å². The van der Waals surface area contributed by atoms with Crippen LogP contribution in [0, 0.1) is 5.92 Å². The van der Waals surface area contributed by atoms with E-state index in [0.717, 1.165) is 31.8 Å². The molecule has 1 aliphatic heterocycles. The maximum Gasteiger partial charge on any atom is 0.415 e. The molecule has 17 heavy (non-hydrogen) atoms. The number of likely N-dealkylation sites (tertiary alicyclic amines) is 1. The van der Waals surface area contributed by atoms with E-state index in [1.807, 2.05) is 18.2 Å². The molecule has 0 saturated carbocycles.